The molecule has 13 heteroatoms. The summed E-state index contributed by atoms with van der Waals surface area (Å²) >= 11 is 0. The van der Waals surface area contributed by atoms with Crippen LogP contribution in [-0.2, 0) is 0 Å². The van der Waals surface area contributed by atoms with Crippen molar-refractivity contribution in [1.29, 1.82) is 0 Å². The molecule has 0 saturated carbocycles. The van der Waals surface area contributed by atoms with Gasteiger partial charge in [0.15, 0.2) is 23.1 Å². The number of carbonyl (C=O) groups excluding carboxylic acids is 4. The van der Waals surface area contributed by atoms with Crippen molar-refractivity contribution in [3.63, 3.8) is 0 Å². The molecule has 13 nitrogen and oxygen atoms in total. The van der Waals surface area contributed by atoms with E-state index in [1.54, 1.807) is 0 Å². The van der Waals surface area contributed by atoms with E-state index >= 15 is 0 Å². The van der Waals surface area contributed by atoms with Gasteiger partial charge in [-0.15, -0.1) is 0 Å². The number of aliphatic hydroxyl groups excluding tert-OH is 3. The van der Waals surface area contributed by atoms with Gasteiger partial charge in [-0.05, 0) is 37.6 Å². The Morgan fingerprint density at radius 2 is 1.29 bits per heavy atom. The zero-order chi connectivity index (χ0) is 33.0. The topological polar surface area (TPSA) is 228 Å². The van der Waals surface area contributed by atoms with Gasteiger partial charge in [-0.1, -0.05) is 0 Å². The van der Waals surface area contributed by atoms with Gasteiger partial charge in [-0.25, -0.2) is 0 Å². The first-order valence-electron chi connectivity index (χ1n) is 13.5. The third kappa shape index (κ3) is 3.75. The first-order chi connectivity index (χ1) is 21.1. The Bertz CT molecular complexity index is 1970. The van der Waals surface area contributed by atoms with E-state index in [2.05, 4.69) is 0 Å². The number of phenols is 3. The minimum absolute atomic E-state index is 0.0724. The Kier molecular flexibility index (Phi) is 6.47. The summed E-state index contributed by atoms with van der Waals surface area (Å²) in [5.74, 6) is -6.36. The number of Topliss-reactive ketones (excluding diaryl/α,β-unsaturated/α-hetero) is 2. The number of methoxy groups -OCH3 is 2. The Hall–Kier alpha value is -5.08. The van der Waals surface area contributed by atoms with Crippen molar-refractivity contribution in [2.45, 2.75) is 37.8 Å². The molecule has 4 atom stereocenters. The highest BCUT2D eigenvalue weighted by atomic mass is 16.5. The average Bonchev–Trinajstić information content (AvgIpc) is 3.00. The highest BCUT2D eigenvalue weighted by Crippen LogP contribution is 2.53. The number of aromatic hydroxyl groups is 3. The number of rotatable bonds is 3. The predicted octanol–water partition coefficient (Wildman–Crippen LogP) is 1.09. The molecule has 3 aliphatic carbocycles. The second kappa shape index (κ2) is 9.71. The van der Waals surface area contributed by atoms with E-state index in [9.17, 15) is 54.9 Å². The highest BCUT2D eigenvalue weighted by molar-refractivity contribution is 6.33. The summed E-state index contributed by atoms with van der Waals surface area (Å²) in [7, 11) is 2.43. The van der Waals surface area contributed by atoms with Gasteiger partial charge in [-0.2, -0.15) is 0 Å². The summed E-state index contributed by atoms with van der Waals surface area (Å²) in [4.78, 5) is 55.2. The lowest BCUT2D eigenvalue weighted by Crippen LogP contribution is -2.61. The van der Waals surface area contributed by atoms with E-state index in [1.807, 2.05) is 0 Å². The number of aliphatic hydroxyl groups is 4. The van der Waals surface area contributed by atoms with Gasteiger partial charge < -0.3 is 45.2 Å². The summed E-state index contributed by atoms with van der Waals surface area (Å²) in [6, 6.07) is 4.63. The van der Waals surface area contributed by atoms with E-state index in [1.165, 1.54) is 26.2 Å². The van der Waals surface area contributed by atoms with Crippen molar-refractivity contribution in [3.05, 3.63) is 74.4 Å². The van der Waals surface area contributed by atoms with Crippen LogP contribution in [0.5, 0.6) is 28.7 Å². The van der Waals surface area contributed by atoms with Crippen molar-refractivity contribution >= 4 is 23.1 Å². The van der Waals surface area contributed by atoms with Crippen LogP contribution >= 0.6 is 0 Å². The van der Waals surface area contributed by atoms with Crippen LogP contribution < -0.4 is 9.47 Å². The predicted molar refractivity (Wildman–Crippen MR) is 152 cm³/mol. The minimum atomic E-state index is -2.43. The van der Waals surface area contributed by atoms with Gasteiger partial charge in [0.25, 0.3) is 0 Å². The van der Waals surface area contributed by atoms with Crippen LogP contribution in [0, 0.1) is 6.92 Å². The molecule has 0 heterocycles. The number of carbonyl (C=O) groups is 4. The van der Waals surface area contributed by atoms with Gasteiger partial charge in [0, 0.05) is 45.0 Å². The zero-order valence-corrected chi connectivity index (χ0v) is 24.1. The first-order valence-corrected chi connectivity index (χ1v) is 13.5. The fourth-order valence-electron chi connectivity index (χ4n) is 6.35. The number of aryl methyl sites for hydroxylation is 1. The molecule has 3 aromatic carbocycles. The monoisotopic (exact) mass is 618 g/mol. The SMILES string of the molecule is COc1cc(O)c2c(c1)C(=O)c1cc(C)c(O)c(-c3c(OC)cc4c(c3O)C(=O)C3=C(C4=O)[C@@H](O)[C@](C)(O)[C@@H](O)[C@H]3O)c1C2=O. The summed E-state index contributed by atoms with van der Waals surface area (Å²) in [5, 5.41) is 76.3. The van der Waals surface area contributed by atoms with E-state index < -0.39 is 109 Å². The van der Waals surface area contributed by atoms with Gasteiger partial charge in [-0.3, -0.25) is 19.2 Å². The molecule has 0 amide bonds. The Morgan fingerprint density at radius 3 is 1.91 bits per heavy atom. The molecule has 6 rings (SSSR count). The molecule has 0 fully saturated rings. The van der Waals surface area contributed by atoms with Gasteiger partial charge >= 0.3 is 0 Å². The fraction of sp³-hybridized carbons (Fsp3) is 0.250. The maximum atomic E-state index is 14.0. The quantitative estimate of drug-likeness (QED) is 0.171. The smallest absolute Gasteiger partial charge is 0.199 e. The van der Waals surface area contributed by atoms with Crippen molar-refractivity contribution < 1.29 is 64.4 Å². The largest absolute Gasteiger partial charge is 0.507 e. The van der Waals surface area contributed by atoms with Gasteiger partial charge in [0.2, 0.25) is 0 Å². The van der Waals surface area contributed by atoms with Crippen LogP contribution in [-0.4, -0.2) is 97.0 Å². The third-order valence-electron chi connectivity index (χ3n) is 8.77. The molecule has 0 bridgehead atoms. The lowest BCUT2D eigenvalue weighted by molar-refractivity contribution is -0.158. The number of hydrogen-bond acceptors (Lipinski definition) is 13. The van der Waals surface area contributed by atoms with Crippen LogP contribution in [0.4, 0.5) is 0 Å². The van der Waals surface area contributed by atoms with E-state index in [4.69, 9.17) is 9.47 Å². The van der Waals surface area contributed by atoms with Crippen LogP contribution in [0.15, 0.2) is 35.4 Å². The Labute approximate surface area is 253 Å². The highest BCUT2D eigenvalue weighted by Gasteiger charge is 2.56. The molecule has 0 saturated heterocycles. The van der Waals surface area contributed by atoms with Crippen LogP contribution in [0.25, 0.3) is 11.1 Å². The van der Waals surface area contributed by atoms with Crippen LogP contribution in [0.3, 0.4) is 0 Å². The number of phenolic OH excluding ortho intramolecular Hbond substituents is 3. The Balaban J connectivity index is 1.66. The minimum Gasteiger partial charge on any atom is -0.507 e. The maximum Gasteiger partial charge on any atom is 0.199 e. The number of benzene rings is 3. The summed E-state index contributed by atoms with van der Waals surface area (Å²) in [5.41, 5.74) is -7.21. The lowest BCUT2D eigenvalue weighted by Gasteiger charge is -2.43. The van der Waals surface area contributed by atoms with Gasteiger partial charge in [0.1, 0.15) is 52.7 Å². The first kappa shape index (κ1) is 30.0. The van der Waals surface area contributed by atoms with E-state index in [-0.39, 0.29) is 28.2 Å². The molecule has 0 spiro atoms. The fourth-order valence-corrected chi connectivity index (χ4v) is 6.35. The van der Waals surface area contributed by atoms with Crippen molar-refractivity contribution in [2.75, 3.05) is 14.2 Å². The number of ether oxygens (including phenoxy) is 2. The van der Waals surface area contributed by atoms with E-state index in [0.29, 0.717) is 0 Å². The van der Waals surface area contributed by atoms with Crippen LogP contribution in [0.2, 0.25) is 0 Å². The van der Waals surface area contributed by atoms with Crippen molar-refractivity contribution in [1.82, 2.24) is 0 Å². The van der Waals surface area contributed by atoms with Crippen molar-refractivity contribution in [2.24, 2.45) is 0 Å². The molecular weight excluding hydrogens is 592 g/mol. The maximum absolute atomic E-state index is 14.0. The second-order valence-electron chi connectivity index (χ2n) is 11.3. The van der Waals surface area contributed by atoms with Crippen LogP contribution in [0.1, 0.15) is 65.0 Å². The molecule has 3 aliphatic rings. The summed E-state index contributed by atoms with van der Waals surface area (Å²) in [6.07, 6.45) is -6.36. The molecule has 3 aromatic rings. The third-order valence-corrected chi connectivity index (χ3v) is 8.77. The standard InChI is InChI=1S/C32H26O13/c1-9-5-11-17(26(37)16-12(24(11)35)6-10(44-3)7-14(16)33)20(23(9)34)19-15(45-4)8-13-18(27(19)38)28(39)21-22(25(13)36)30(41)32(2,43)31(42)29(21)40/h5-8,29-31,33-34,38,40-43H,1-4H3/t29-,30+,31-,32-/m0/s1. The Morgan fingerprint density at radius 1 is 0.667 bits per heavy atom. The van der Waals surface area contributed by atoms with Crippen molar-refractivity contribution in [3.8, 4) is 39.9 Å². The zero-order valence-electron chi connectivity index (χ0n) is 24.1. The number of hydrogen-bond donors (Lipinski definition) is 7. The lowest BCUT2D eigenvalue weighted by atomic mass is 9.67. The molecule has 0 radical (unpaired) electrons. The molecular formula is C32H26O13. The molecule has 7 N–H and O–H groups in total. The van der Waals surface area contributed by atoms with Gasteiger partial charge in [0.05, 0.1) is 30.9 Å². The number of fused-ring (bicyclic) bond motifs is 3. The molecule has 232 valence electrons. The summed E-state index contributed by atoms with van der Waals surface area (Å²) in [6.45, 7) is 2.38. The average molecular weight is 619 g/mol. The molecule has 0 unspecified atom stereocenters. The molecule has 0 aliphatic heterocycles. The molecule has 0 aromatic heterocycles. The number of ketones is 4. The normalized spacial score (nSPS) is 23.8. The summed E-state index contributed by atoms with van der Waals surface area (Å²) < 4.78 is 10.5. The molecule has 45 heavy (non-hydrogen) atoms. The van der Waals surface area contributed by atoms with E-state index in [0.717, 1.165) is 26.2 Å². The second-order valence-corrected chi connectivity index (χ2v) is 11.3.